The summed E-state index contributed by atoms with van der Waals surface area (Å²) in [5.74, 6) is 0.480. The van der Waals surface area contributed by atoms with E-state index in [0.29, 0.717) is 5.84 Å². The molecule has 1 radical (unpaired) electrons. The summed E-state index contributed by atoms with van der Waals surface area (Å²) < 4.78 is 5.12. The van der Waals surface area contributed by atoms with Crippen LogP contribution in [0.15, 0.2) is 29.3 Å². The Hall–Kier alpha value is -1.84. The lowest BCUT2D eigenvalue weighted by Crippen LogP contribution is -2.26. The molecule has 1 aromatic carbocycles. The van der Waals surface area contributed by atoms with Crippen LogP contribution in [-0.2, 0) is 4.74 Å². The Bertz CT molecular complexity index is 405. The van der Waals surface area contributed by atoms with Crippen molar-refractivity contribution in [1.29, 1.82) is 0 Å². The minimum Gasteiger partial charge on any atom is -0.442 e. The van der Waals surface area contributed by atoms with Gasteiger partial charge in [-0.05, 0) is 26.8 Å². The minimum absolute atomic E-state index is 0.480. The van der Waals surface area contributed by atoms with Crippen LogP contribution in [0.5, 0.6) is 0 Å². The third-order valence-electron chi connectivity index (χ3n) is 1.83. The van der Waals surface area contributed by atoms with E-state index in [0.717, 1.165) is 5.56 Å². The van der Waals surface area contributed by atoms with E-state index < -0.39 is 11.7 Å². The zero-order valence-corrected chi connectivity index (χ0v) is 10.6. The van der Waals surface area contributed by atoms with Crippen LogP contribution in [0.25, 0.3) is 0 Å². The molecule has 0 saturated carbocycles. The summed E-state index contributed by atoms with van der Waals surface area (Å²) in [4.78, 5) is 15.4. The number of carbonyl (C=O) groups excluding carboxylic acids is 1. The van der Waals surface area contributed by atoms with Crippen LogP contribution in [0.1, 0.15) is 26.3 Å². The molecule has 0 unspecified atom stereocenters. The lowest BCUT2D eigenvalue weighted by atomic mass is 10.2. The molecule has 0 fully saturated rings. The van der Waals surface area contributed by atoms with E-state index in [1.807, 2.05) is 12.1 Å². The second-order valence-electron chi connectivity index (χ2n) is 4.48. The first kappa shape index (κ1) is 13.2. The van der Waals surface area contributed by atoms with Crippen LogP contribution >= 0.6 is 0 Å². The molecule has 0 aliphatic heterocycles. The average Bonchev–Trinajstić information content (AvgIpc) is 2.24. The highest BCUT2D eigenvalue weighted by atomic mass is 16.6. The van der Waals surface area contributed by atoms with Crippen molar-refractivity contribution in [3.63, 3.8) is 0 Å². The molecule has 0 bridgehead atoms. The van der Waals surface area contributed by atoms with Crippen LogP contribution < -0.4 is 5.32 Å². The van der Waals surface area contributed by atoms with Gasteiger partial charge in [0.2, 0.25) is 0 Å². The fourth-order valence-electron chi connectivity index (χ4n) is 1.19. The molecule has 1 N–H and O–H groups in total. The summed E-state index contributed by atoms with van der Waals surface area (Å²) in [7, 11) is 1.71. The number of carbonyl (C=O) groups is 1. The second kappa shape index (κ2) is 5.48. The molecule has 4 heteroatoms. The number of benzene rings is 1. The Morgan fingerprint density at radius 2 is 1.94 bits per heavy atom. The van der Waals surface area contributed by atoms with Gasteiger partial charge >= 0.3 is 6.09 Å². The standard InChI is InChI=1S/C13H17N2O2/c1-13(2,3)17-12(16)15-11(14-4)10-8-6-5-7-9-10/h6-9H,1-4H3,(H,14,15,16). The fraction of sp³-hybridized carbons (Fsp3) is 0.385. The molecule has 1 aromatic rings. The van der Waals surface area contributed by atoms with Crippen molar-refractivity contribution >= 4 is 11.9 Å². The van der Waals surface area contributed by atoms with Gasteiger partial charge < -0.3 is 10.1 Å². The minimum atomic E-state index is -0.602. The van der Waals surface area contributed by atoms with E-state index in [1.54, 1.807) is 40.0 Å². The van der Waals surface area contributed by atoms with E-state index in [1.165, 1.54) is 0 Å². The topological polar surface area (TPSA) is 50.7 Å². The zero-order valence-electron chi connectivity index (χ0n) is 10.6. The van der Waals surface area contributed by atoms with Crippen molar-refractivity contribution < 1.29 is 9.53 Å². The maximum atomic E-state index is 11.5. The van der Waals surface area contributed by atoms with Crippen LogP contribution in [0.3, 0.4) is 0 Å². The van der Waals surface area contributed by atoms with E-state index in [4.69, 9.17) is 4.74 Å². The number of ether oxygens (including phenoxy) is 1. The molecule has 1 amide bonds. The lowest BCUT2D eigenvalue weighted by Gasteiger charge is -2.17. The van der Waals surface area contributed by atoms with Gasteiger partial charge in [-0.3, -0.25) is 0 Å². The number of hydrogen-bond acceptors (Lipinski definition) is 2. The summed E-state index contributed by atoms with van der Waals surface area (Å²) in [6.07, 6.45) is -0.602. The predicted molar refractivity (Wildman–Crippen MR) is 67.1 cm³/mol. The number of hydrogen-bond donors (Lipinski definition) is 1. The summed E-state index contributed by atoms with van der Waals surface area (Å²) in [5, 5.41) is 2.87. The third kappa shape index (κ3) is 4.68. The maximum absolute atomic E-state index is 11.5. The number of rotatable bonds is 1. The van der Waals surface area contributed by atoms with Gasteiger partial charge in [0.05, 0.1) is 0 Å². The summed E-state index contributed by atoms with van der Waals surface area (Å²) >= 11 is 0. The summed E-state index contributed by atoms with van der Waals surface area (Å²) in [6, 6.07) is 10.1. The molecule has 17 heavy (non-hydrogen) atoms. The van der Waals surface area contributed by atoms with Gasteiger partial charge in [0, 0.05) is 12.6 Å². The summed E-state index contributed by atoms with van der Waals surface area (Å²) in [5.41, 5.74) is 0.279. The molecule has 91 valence electrons. The van der Waals surface area contributed by atoms with Gasteiger partial charge in [0.25, 0.3) is 0 Å². The number of aliphatic imine (C=N–C) groups is 1. The van der Waals surface area contributed by atoms with E-state index in [9.17, 15) is 4.79 Å². The Kier molecular flexibility index (Phi) is 4.26. The second-order valence-corrected chi connectivity index (χ2v) is 4.48. The van der Waals surface area contributed by atoms with Gasteiger partial charge in [-0.1, -0.05) is 24.3 Å². The van der Waals surface area contributed by atoms with Gasteiger partial charge in [-0.15, -0.1) is 0 Å². The largest absolute Gasteiger partial charge is 0.442 e. The Labute approximate surface area is 102 Å². The van der Waals surface area contributed by atoms with Crippen molar-refractivity contribution in [3.05, 3.63) is 35.9 Å². The molecule has 1 rings (SSSR count). The van der Waals surface area contributed by atoms with E-state index in [-0.39, 0.29) is 0 Å². The Morgan fingerprint density at radius 3 is 2.41 bits per heavy atom. The first-order chi connectivity index (χ1) is 7.92. The molecular formula is C13H17N2O2. The molecule has 0 saturated heterocycles. The highest BCUT2D eigenvalue weighted by Gasteiger charge is 2.16. The van der Waals surface area contributed by atoms with Crippen molar-refractivity contribution in [2.75, 3.05) is 7.05 Å². The van der Waals surface area contributed by atoms with Gasteiger partial charge in [-0.2, -0.15) is 4.99 Å². The normalized spacial score (nSPS) is 12.1. The van der Waals surface area contributed by atoms with E-state index >= 15 is 0 Å². The van der Waals surface area contributed by atoms with Crippen LogP contribution in [0, 0.1) is 6.07 Å². The van der Waals surface area contributed by atoms with Crippen LogP contribution in [-0.4, -0.2) is 24.6 Å². The lowest BCUT2D eigenvalue weighted by molar-refractivity contribution is 0.0604. The molecule has 0 aliphatic rings. The van der Waals surface area contributed by atoms with Crippen molar-refractivity contribution in [2.24, 2.45) is 4.99 Å². The SMILES string of the molecule is CN/C(=N\C(=O)OC(C)(C)C)c1cc[c]cc1. The van der Waals surface area contributed by atoms with Crippen LogP contribution in [0.4, 0.5) is 4.79 Å². The zero-order chi connectivity index (χ0) is 12.9. The van der Waals surface area contributed by atoms with Crippen molar-refractivity contribution in [2.45, 2.75) is 26.4 Å². The number of nitrogens with zero attached hydrogens (tertiary/aromatic N) is 1. The molecule has 0 heterocycles. The van der Waals surface area contributed by atoms with Crippen LogP contribution in [0.2, 0.25) is 0 Å². The first-order valence-corrected chi connectivity index (χ1v) is 5.38. The molecule has 0 aliphatic carbocycles. The first-order valence-electron chi connectivity index (χ1n) is 5.38. The Morgan fingerprint density at radius 1 is 1.35 bits per heavy atom. The van der Waals surface area contributed by atoms with Crippen molar-refractivity contribution in [1.82, 2.24) is 5.32 Å². The van der Waals surface area contributed by atoms with Gasteiger partial charge in [0.15, 0.2) is 0 Å². The highest BCUT2D eigenvalue weighted by molar-refractivity contribution is 6.03. The monoisotopic (exact) mass is 233 g/mol. The molecule has 0 atom stereocenters. The smallest absolute Gasteiger partial charge is 0.436 e. The molecule has 0 aromatic heterocycles. The fourth-order valence-corrected chi connectivity index (χ4v) is 1.19. The van der Waals surface area contributed by atoms with Gasteiger partial charge in [-0.25, -0.2) is 4.79 Å². The maximum Gasteiger partial charge on any atom is 0.436 e. The van der Waals surface area contributed by atoms with Crippen molar-refractivity contribution in [3.8, 4) is 0 Å². The molecule has 4 nitrogen and oxygen atoms in total. The Balaban J connectivity index is 2.85. The highest BCUT2D eigenvalue weighted by Crippen LogP contribution is 2.08. The number of nitrogens with one attached hydrogen (secondary N) is 1. The number of amidine groups is 1. The molecule has 0 spiro atoms. The molecular weight excluding hydrogens is 216 g/mol. The number of amides is 1. The summed E-state index contributed by atoms with van der Waals surface area (Å²) in [6.45, 7) is 5.41. The van der Waals surface area contributed by atoms with Gasteiger partial charge in [0.1, 0.15) is 11.4 Å². The van der Waals surface area contributed by atoms with E-state index in [2.05, 4.69) is 16.4 Å². The predicted octanol–water partition coefficient (Wildman–Crippen LogP) is 2.39. The third-order valence-corrected chi connectivity index (χ3v) is 1.83. The average molecular weight is 233 g/mol. The quantitative estimate of drug-likeness (QED) is 0.598.